The van der Waals surface area contributed by atoms with Crippen LogP contribution in [0.2, 0.25) is 0 Å². The van der Waals surface area contributed by atoms with E-state index in [1.165, 1.54) is 5.71 Å². The summed E-state index contributed by atoms with van der Waals surface area (Å²) in [6.07, 6.45) is 8.84. The lowest BCUT2D eigenvalue weighted by atomic mass is 9.78. The van der Waals surface area contributed by atoms with Crippen LogP contribution < -0.4 is 9.80 Å². The zero-order valence-corrected chi connectivity index (χ0v) is 22.8. The van der Waals surface area contributed by atoms with E-state index in [1.807, 2.05) is 0 Å². The Bertz CT molecular complexity index is 1180. The Hall–Kier alpha value is -3.40. The van der Waals surface area contributed by atoms with Gasteiger partial charge >= 0.3 is 0 Å². The summed E-state index contributed by atoms with van der Waals surface area (Å²) in [6, 6.07) is 12.8. The fraction of sp³-hybridized carbons (Fsp3) is 0.375. The first-order valence-electron chi connectivity index (χ1n) is 13.6. The van der Waals surface area contributed by atoms with Gasteiger partial charge in [0.05, 0.1) is 0 Å². The molecule has 0 amide bonds. The topological polar surface area (TPSA) is 26.6 Å². The van der Waals surface area contributed by atoms with E-state index >= 15 is 0 Å². The van der Waals surface area contributed by atoms with E-state index in [-0.39, 0.29) is 5.78 Å². The van der Waals surface area contributed by atoms with Crippen LogP contribution in [0.25, 0.3) is 5.57 Å². The summed E-state index contributed by atoms with van der Waals surface area (Å²) in [6.45, 7) is 18.6. The molecule has 2 aliphatic carbocycles. The highest BCUT2D eigenvalue weighted by molar-refractivity contribution is 6.20. The second kappa shape index (κ2) is 11.1. The number of hydrogen-bond acceptors (Lipinski definition) is 3. The number of benzene rings is 2. The molecule has 2 aromatic rings. The lowest BCUT2D eigenvalue weighted by Crippen LogP contribution is -2.24. The minimum atomic E-state index is 0.117. The quantitative estimate of drug-likeness (QED) is 0.350. The predicted octanol–water partition coefficient (Wildman–Crippen LogP) is 6.34. The van der Waals surface area contributed by atoms with Crippen molar-refractivity contribution >= 4 is 28.4 Å². The summed E-state index contributed by atoms with van der Waals surface area (Å²) in [5.41, 5.74) is 9.36. The predicted molar refractivity (Wildman–Crippen MR) is 154 cm³/mol. The largest absolute Gasteiger partial charge is 0.372 e. The molecular formula is C32H40N3O+. The Balaban J connectivity index is 1.94. The average molecular weight is 483 g/mol. The van der Waals surface area contributed by atoms with Gasteiger partial charge in [-0.3, -0.25) is 4.79 Å². The summed E-state index contributed by atoms with van der Waals surface area (Å²) in [4.78, 5) is 18.6. The van der Waals surface area contributed by atoms with Crippen LogP contribution in [0, 0.1) is 0 Å². The Kier molecular flexibility index (Phi) is 7.93. The van der Waals surface area contributed by atoms with E-state index in [2.05, 4.69) is 117 Å². The summed E-state index contributed by atoms with van der Waals surface area (Å²) < 4.78 is 2.35. The molecule has 0 radical (unpaired) electrons. The molecule has 0 saturated heterocycles. The first kappa shape index (κ1) is 25.7. The molecule has 188 valence electrons. The van der Waals surface area contributed by atoms with E-state index in [0.717, 1.165) is 84.0 Å². The first-order valence-corrected chi connectivity index (χ1v) is 13.6. The van der Waals surface area contributed by atoms with Crippen molar-refractivity contribution in [2.45, 2.75) is 41.5 Å². The third-order valence-electron chi connectivity index (χ3n) is 7.58. The van der Waals surface area contributed by atoms with E-state index in [9.17, 15) is 4.79 Å². The van der Waals surface area contributed by atoms with Crippen LogP contribution in [0.4, 0.5) is 11.4 Å². The van der Waals surface area contributed by atoms with Gasteiger partial charge in [0.2, 0.25) is 0 Å². The lowest BCUT2D eigenvalue weighted by molar-refractivity contribution is -0.519. The van der Waals surface area contributed by atoms with E-state index in [0.29, 0.717) is 0 Å². The molecule has 0 saturated carbocycles. The van der Waals surface area contributed by atoms with Crippen LogP contribution in [-0.4, -0.2) is 55.3 Å². The van der Waals surface area contributed by atoms with Crippen LogP contribution in [0.15, 0.2) is 66.3 Å². The van der Waals surface area contributed by atoms with Gasteiger partial charge in [-0.05, 0) is 100 Å². The smallest absolute Gasteiger partial charge is 0.199 e. The minimum Gasteiger partial charge on any atom is -0.372 e. The van der Waals surface area contributed by atoms with Gasteiger partial charge in [-0.15, -0.1) is 0 Å². The zero-order chi connectivity index (χ0) is 25.8. The van der Waals surface area contributed by atoms with Crippen LogP contribution >= 0.6 is 0 Å². The van der Waals surface area contributed by atoms with Crippen molar-refractivity contribution in [1.82, 2.24) is 0 Å². The summed E-state index contributed by atoms with van der Waals surface area (Å²) in [7, 11) is 0. The molecule has 0 unspecified atom stereocenters. The maximum atomic E-state index is 14.0. The molecule has 0 bridgehead atoms. The minimum absolute atomic E-state index is 0.117. The molecule has 2 aromatic carbocycles. The van der Waals surface area contributed by atoms with Gasteiger partial charge in [-0.2, -0.15) is 0 Å². The number of hydrogen-bond donors (Lipinski definition) is 0. The molecule has 0 heterocycles. The maximum Gasteiger partial charge on any atom is 0.199 e. The molecule has 0 aliphatic heterocycles. The summed E-state index contributed by atoms with van der Waals surface area (Å²) in [5.74, 6) is 0.117. The van der Waals surface area contributed by atoms with Crippen molar-refractivity contribution in [3.05, 3.63) is 88.5 Å². The third kappa shape index (κ3) is 4.57. The van der Waals surface area contributed by atoms with Gasteiger partial charge < -0.3 is 9.80 Å². The number of carbonyl (C=O) groups excluding carboxylic acids is 1. The van der Waals surface area contributed by atoms with Crippen molar-refractivity contribution < 1.29 is 9.37 Å². The highest BCUT2D eigenvalue weighted by Gasteiger charge is 2.30. The molecule has 2 aliphatic rings. The van der Waals surface area contributed by atoms with Gasteiger partial charge in [0.25, 0.3) is 0 Å². The highest BCUT2D eigenvalue weighted by Crippen LogP contribution is 2.41. The van der Waals surface area contributed by atoms with Crippen LogP contribution in [0.3, 0.4) is 0 Å². The van der Waals surface area contributed by atoms with Gasteiger partial charge in [0, 0.05) is 60.8 Å². The number of ketones is 1. The third-order valence-corrected chi connectivity index (χ3v) is 7.58. The number of carbonyl (C=O) groups is 1. The van der Waals surface area contributed by atoms with E-state index < -0.39 is 0 Å². The maximum absolute atomic E-state index is 14.0. The molecule has 0 atom stereocenters. The SMILES string of the molecule is CCN(CC)c1ccc2c(c1)C(=O)c1cc(N(CC)CC)ccc1C2=C1C=CC(=[N+](CC)CC)C=C1. The Labute approximate surface area is 216 Å². The van der Waals surface area contributed by atoms with Crippen molar-refractivity contribution in [2.75, 3.05) is 49.1 Å². The Morgan fingerprint density at radius 1 is 0.611 bits per heavy atom. The highest BCUT2D eigenvalue weighted by atomic mass is 16.1. The van der Waals surface area contributed by atoms with E-state index in [4.69, 9.17) is 0 Å². The lowest BCUT2D eigenvalue weighted by Gasteiger charge is -2.29. The monoisotopic (exact) mass is 482 g/mol. The fourth-order valence-electron chi connectivity index (χ4n) is 5.48. The zero-order valence-electron chi connectivity index (χ0n) is 22.8. The second-order valence-electron chi connectivity index (χ2n) is 9.23. The summed E-state index contributed by atoms with van der Waals surface area (Å²) in [5, 5.41) is 0. The normalized spacial score (nSPS) is 14.2. The molecule has 0 fully saturated rings. The molecule has 4 rings (SSSR count). The van der Waals surface area contributed by atoms with Crippen molar-refractivity contribution in [3.63, 3.8) is 0 Å². The van der Waals surface area contributed by atoms with Crippen molar-refractivity contribution in [1.29, 1.82) is 0 Å². The molecule has 4 nitrogen and oxygen atoms in total. The Morgan fingerprint density at radius 2 is 1.06 bits per heavy atom. The fourth-order valence-corrected chi connectivity index (χ4v) is 5.48. The Morgan fingerprint density at radius 3 is 1.44 bits per heavy atom. The van der Waals surface area contributed by atoms with Crippen LogP contribution in [0.1, 0.15) is 68.6 Å². The number of allylic oxidation sites excluding steroid dienone is 5. The number of anilines is 2. The molecule has 0 spiro atoms. The number of nitrogens with zero attached hydrogens (tertiary/aromatic N) is 3. The van der Waals surface area contributed by atoms with Crippen molar-refractivity contribution in [2.24, 2.45) is 0 Å². The molecular weight excluding hydrogens is 442 g/mol. The number of rotatable bonds is 8. The van der Waals surface area contributed by atoms with Crippen LogP contribution in [-0.2, 0) is 0 Å². The summed E-state index contributed by atoms with van der Waals surface area (Å²) >= 11 is 0. The van der Waals surface area contributed by atoms with Gasteiger partial charge in [0.15, 0.2) is 11.5 Å². The average Bonchev–Trinajstić information content (AvgIpc) is 2.92. The van der Waals surface area contributed by atoms with Crippen molar-refractivity contribution in [3.8, 4) is 0 Å². The molecule has 36 heavy (non-hydrogen) atoms. The molecule has 0 aromatic heterocycles. The standard InChI is InChI=1S/C32H40N3O/c1-7-33(8-2)24-15-13-23(14-16-24)31-27-19-17-25(34(9-3)10-4)21-29(27)32(36)30-22-26(18-20-28(30)31)35(11-5)12-6/h13-22H,7-12H2,1-6H3/q+1. The van der Waals surface area contributed by atoms with E-state index in [1.54, 1.807) is 0 Å². The number of fused-ring (bicyclic) bond motifs is 2. The second-order valence-corrected chi connectivity index (χ2v) is 9.23. The molecule has 0 N–H and O–H groups in total. The first-order chi connectivity index (χ1) is 17.5. The van der Waals surface area contributed by atoms with Crippen LogP contribution in [0.5, 0.6) is 0 Å². The molecule has 4 heteroatoms. The van der Waals surface area contributed by atoms with Gasteiger partial charge in [-0.1, -0.05) is 12.1 Å². The van der Waals surface area contributed by atoms with Gasteiger partial charge in [0.1, 0.15) is 13.1 Å². The van der Waals surface area contributed by atoms with Gasteiger partial charge in [-0.25, -0.2) is 4.58 Å².